The summed E-state index contributed by atoms with van der Waals surface area (Å²) in [6.07, 6.45) is 7.81. The Morgan fingerprint density at radius 2 is 1.71 bits per heavy atom. The standard InChI is InChI=1S/C32H39Cl2N11/c1-19-6-7-21(13-25(19)33)37-29-20(15-35)16-36-30-24(29)12-22(14-26(30)34)38-31(27-17-43(5)41-39-27)28-18-45(42-40-28)23-8-10-44(11-9-23)32(2,3)4/h6-7,12-14,16-18,23,31,38-42H,8-11H2,1-5H3,(H,36,37)/t31-/m0/s1. The molecule has 3 aromatic rings. The van der Waals surface area contributed by atoms with Gasteiger partial charge in [0, 0.05) is 72.1 Å². The first-order valence-electron chi connectivity index (χ1n) is 15.0. The number of nitrogens with zero attached hydrogens (tertiary/aromatic N) is 5. The lowest BCUT2D eigenvalue weighted by atomic mass is 9.98. The number of hydrazine groups is 4. The fraction of sp³-hybridized carbons (Fsp3) is 0.375. The van der Waals surface area contributed by atoms with Crippen molar-refractivity contribution in [3.63, 3.8) is 0 Å². The van der Waals surface area contributed by atoms with Crippen molar-refractivity contribution < 1.29 is 0 Å². The van der Waals surface area contributed by atoms with Crippen LogP contribution >= 0.6 is 23.2 Å². The van der Waals surface area contributed by atoms with Gasteiger partial charge in [0.2, 0.25) is 0 Å². The van der Waals surface area contributed by atoms with Crippen LogP contribution in [-0.4, -0.2) is 57.7 Å². The zero-order valence-electron chi connectivity index (χ0n) is 26.1. The molecule has 0 bridgehead atoms. The Morgan fingerprint density at radius 1 is 1.00 bits per heavy atom. The number of rotatable bonds is 7. The molecule has 6 N–H and O–H groups in total. The molecule has 1 aromatic heterocycles. The van der Waals surface area contributed by atoms with Gasteiger partial charge in [-0.15, -0.1) is 11.1 Å². The largest absolute Gasteiger partial charge is 0.371 e. The summed E-state index contributed by atoms with van der Waals surface area (Å²) in [6.45, 7) is 10.9. The highest BCUT2D eigenvalue weighted by Gasteiger charge is 2.33. The molecule has 0 radical (unpaired) electrons. The molecule has 0 aliphatic carbocycles. The maximum atomic E-state index is 9.98. The van der Waals surface area contributed by atoms with Gasteiger partial charge in [-0.3, -0.25) is 19.9 Å². The van der Waals surface area contributed by atoms with Crippen molar-refractivity contribution in [2.24, 2.45) is 0 Å². The Bertz CT molecular complexity index is 1700. The fourth-order valence-corrected chi connectivity index (χ4v) is 6.39. The molecule has 3 aliphatic heterocycles. The van der Waals surface area contributed by atoms with Crippen LogP contribution in [0.4, 0.5) is 17.1 Å². The van der Waals surface area contributed by atoms with Gasteiger partial charge in [0.25, 0.3) is 0 Å². The lowest BCUT2D eigenvalue weighted by molar-refractivity contribution is 0.0570. The van der Waals surface area contributed by atoms with Crippen LogP contribution in [0.1, 0.15) is 44.7 Å². The number of hydrogen-bond acceptors (Lipinski definition) is 11. The number of likely N-dealkylation sites (tertiary alicyclic amines) is 1. The van der Waals surface area contributed by atoms with E-state index >= 15 is 0 Å². The Balaban J connectivity index is 1.32. The first-order valence-corrected chi connectivity index (χ1v) is 15.8. The minimum atomic E-state index is -0.289. The third-order valence-corrected chi connectivity index (χ3v) is 9.24. The monoisotopic (exact) mass is 647 g/mol. The van der Waals surface area contributed by atoms with Crippen LogP contribution in [-0.2, 0) is 0 Å². The molecule has 0 spiro atoms. The minimum absolute atomic E-state index is 0.171. The number of aryl methyl sites for hydroxylation is 1. The second-order valence-electron chi connectivity index (χ2n) is 12.7. The highest BCUT2D eigenvalue weighted by Crippen LogP contribution is 2.36. The quantitative estimate of drug-likeness (QED) is 0.196. The molecule has 3 aliphatic rings. The van der Waals surface area contributed by atoms with Crippen molar-refractivity contribution in [1.82, 2.24) is 41.8 Å². The molecule has 13 heteroatoms. The normalized spacial score (nSPS) is 18.3. The van der Waals surface area contributed by atoms with E-state index in [0.29, 0.717) is 38.2 Å². The average Bonchev–Trinajstić information content (AvgIpc) is 3.67. The van der Waals surface area contributed by atoms with E-state index in [2.05, 4.69) is 80.5 Å². The number of hydrogen-bond donors (Lipinski definition) is 6. The van der Waals surface area contributed by atoms with Gasteiger partial charge in [-0.25, -0.2) is 0 Å². The van der Waals surface area contributed by atoms with Gasteiger partial charge >= 0.3 is 0 Å². The number of pyridine rings is 1. The maximum absolute atomic E-state index is 9.98. The van der Waals surface area contributed by atoms with Crippen molar-refractivity contribution in [2.45, 2.75) is 58.2 Å². The average molecular weight is 649 g/mol. The first kappa shape index (κ1) is 31.1. The molecule has 2 aromatic carbocycles. The molecule has 1 atom stereocenters. The fourth-order valence-electron chi connectivity index (χ4n) is 5.94. The minimum Gasteiger partial charge on any atom is -0.371 e. The van der Waals surface area contributed by atoms with Crippen LogP contribution in [0.5, 0.6) is 0 Å². The van der Waals surface area contributed by atoms with Crippen LogP contribution in [0.2, 0.25) is 10.0 Å². The Morgan fingerprint density at radius 3 is 2.38 bits per heavy atom. The highest BCUT2D eigenvalue weighted by atomic mass is 35.5. The van der Waals surface area contributed by atoms with E-state index in [1.807, 2.05) is 55.5 Å². The van der Waals surface area contributed by atoms with E-state index in [9.17, 15) is 5.26 Å². The second-order valence-corrected chi connectivity index (χ2v) is 13.5. The van der Waals surface area contributed by atoms with Crippen LogP contribution in [0.25, 0.3) is 10.9 Å². The van der Waals surface area contributed by atoms with Crippen molar-refractivity contribution in [3.8, 4) is 6.07 Å². The molecule has 0 amide bonds. The van der Waals surface area contributed by atoms with Gasteiger partial charge in [-0.05, 0) is 70.4 Å². The first-order chi connectivity index (χ1) is 21.5. The topological polar surface area (TPSA) is 119 Å². The molecular weight excluding hydrogens is 609 g/mol. The number of nitriles is 1. The third-order valence-electron chi connectivity index (χ3n) is 8.54. The van der Waals surface area contributed by atoms with Gasteiger partial charge < -0.3 is 21.5 Å². The van der Waals surface area contributed by atoms with Crippen molar-refractivity contribution >= 4 is 51.2 Å². The summed E-state index contributed by atoms with van der Waals surface area (Å²) in [7, 11) is 1.93. The second kappa shape index (κ2) is 12.5. The molecule has 1 saturated heterocycles. The van der Waals surface area contributed by atoms with Crippen LogP contribution in [0, 0.1) is 18.3 Å². The summed E-state index contributed by atoms with van der Waals surface area (Å²) in [4.78, 5) is 7.07. The van der Waals surface area contributed by atoms with Gasteiger partial charge in [-0.1, -0.05) is 29.3 Å². The summed E-state index contributed by atoms with van der Waals surface area (Å²) in [5.74, 6) is 0. The predicted molar refractivity (Wildman–Crippen MR) is 181 cm³/mol. The van der Waals surface area contributed by atoms with Gasteiger partial charge in [0.1, 0.15) is 12.1 Å². The summed E-state index contributed by atoms with van der Waals surface area (Å²) < 4.78 is 0. The molecule has 0 unspecified atom stereocenters. The summed E-state index contributed by atoms with van der Waals surface area (Å²) in [6, 6.07) is 11.9. The Hall–Kier alpha value is -3.92. The summed E-state index contributed by atoms with van der Waals surface area (Å²) >= 11 is 13.2. The number of halogens is 2. The van der Waals surface area contributed by atoms with E-state index in [1.54, 1.807) is 0 Å². The van der Waals surface area contributed by atoms with Gasteiger partial charge in [0.05, 0.1) is 33.2 Å². The van der Waals surface area contributed by atoms with Gasteiger partial charge in [-0.2, -0.15) is 5.26 Å². The van der Waals surface area contributed by atoms with Crippen molar-refractivity contribution in [2.75, 3.05) is 30.8 Å². The Kier molecular flexibility index (Phi) is 8.61. The number of nitrogens with one attached hydrogen (secondary N) is 6. The van der Waals surface area contributed by atoms with Crippen molar-refractivity contribution in [3.05, 3.63) is 81.5 Å². The van der Waals surface area contributed by atoms with Gasteiger partial charge in [0.15, 0.2) is 0 Å². The van der Waals surface area contributed by atoms with E-state index in [0.717, 1.165) is 54.3 Å². The highest BCUT2D eigenvalue weighted by molar-refractivity contribution is 6.36. The molecule has 45 heavy (non-hydrogen) atoms. The lowest BCUT2D eigenvalue weighted by Crippen LogP contribution is -2.52. The molecular formula is C32H39Cl2N11. The summed E-state index contributed by atoms with van der Waals surface area (Å²) in [5, 5.41) is 22.9. The zero-order chi connectivity index (χ0) is 31.9. The predicted octanol–water partition coefficient (Wildman–Crippen LogP) is 5.47. The number of fused-ring (bicyclic) bond motifs is 1. The molecule has 6 rings (SSSR count). The molecule has 0 saturated carbocycles. The number of anilines is 3. The Labute approximate surface area is 274 Å². The van der Waals surface area contributed by atoms with Crippen LogP contribution in [0.3, 0.4) is 0 Å². The molecule has 11 nitrogen and oxygen atoms in total. The van der Waals surface area contributed by atoms with Crippen LogP contribution < -0.4 is 32.6 Å². The van der Waals surface area contributed by atoms with E-state index in [4.69, 9.17) is 23.2 Å². The van der Waals surface area contributed by atoms with E-state index in [1.165, 1.54) is 6.20 Å². The van der Waals surface area contributed by atoms with Crippen molar-refractivity contribution in [1.29, 1.82) is 5.26 Å². The molecule has 4 heterocycles. The number of piperidine rings is 1. The smallest absolute Gasteiger partial charge is 0.112 e. The maximum Gasteiger partial charge on any atom is 0.112 e. The SMILES string of the molecule is Cc1ccc(Nc2c(C#N)cnc3c(Cl)cc(N[C@@H](C4=CN(C)NN4)C4=CN(C5CCN(C(C)(C)C)CC5)NN4)cc23)cc1Cl. The lowest BCUT2D eigenvalue weighted by Gasteiger charge is -2.42. The zero-order valence-corrected chi connectivity index (χ0v) is 27.6. The molecule has 236 valence electrons. The summed E-state index contributed by atoms with van der Waals surface area (Å²) in [5.41, 5.74) is 19.3. The molecule has 1 fully saturated rings. The van der Waals surface area contributed by atoms with E-state index < -0.39 is 0 Å². The number of aromatic nitrogens is 1. The third kappa shape index (κ3) is 6.57. The number of benzene rings is 2. The van der Waals surface area contributed by atoms with E-state index in [-0.39, 0.29) is 11.6 Å². The van der Waals surface area contributed by atoms with Crippen LogP contribution in [0.15, 0.2) is 60.3 Å².